The maximum atomic E-state index is 10.6. The third-order valence-corrected chi connectivity index (χ3v) is 3.28. The molecule has 0 amide bonds. The molecule has 1 heterocycles. The monoisotopic (exact) mass is 263 g/mol. The zero-order valence-electron chi connectivity index (χ0n) is 10.6. The molecule has 0 bridgehead atoms. The van der Waals surface area contributed by atoms with Gasteiger partial charge in [0.25, 0.3) is 0 Å². The van der Waals surface area contributed by atoms with Crippen molar-refractivity contribution in [3.05, 3.63) is 29.8 Å². The van der Waals surface area contributed by atoms with Crippen molar-refractivity contribution in [1.29, 1.82) is 0 Å². The van der Waals surface area contributed by atoms with E-state index in [-0.39, 0.29) is 12.7 Å². The number of piperidine rings is 1. The molecule has 1 aromatic carbocycles. The lowest BCUT2D eigenvalue weighted by Gasteiger charge is -2.33. The predicted molar refractivity (Wildman–Crippen MR) is 70.7 cm³/mol. The minimum atomic E-state index is -0.924. The summed E-state index contributed by atoms with van der Waals surface area (Å²) in [6.07, 6.45) is 2.50. The molecule has 0 aromatic heterocycles. The van der Waals surface area contributed by atoms with Crippen molar-refractivity contribution in [2.75, 3.05) is 24.6 Å². The molecule has 19 heavy (non-hydrogen) atoms. The normalized spacial score (nSPS) is 16.3. The van der Waals surface area contributed by atoms with Crippen molar-refractivity contribution >= 4 is 17.9 Å². The van der Waals surface area contributed by atoms with Crippen LogP contribution in [0.25, 0.3) is 0 Å². The Morgan fingerprint density at radius 1 is 1.32 bits per heavy atom. The molecule has 1 aliphatic heterocycles. The molecule has 0 atom stereocenters. The number of ether oxygens (including phenoxy) is 1. The highest BCUT2D eigenvalue weighted by Gasteiger charge is 2.20. The molecule has 1 N–H and O–H groups in total. The Labute approximate surface area is 111 Å². The summed E-state index contributed by atoms with van der Waals surface area (Å²) in [5.74, 6) is -0.924. The second-order valence-electron chi connectivity index (χ2n) is 4.60. The zero-order chi connectivity index (χ0) is 13.7. The number of carbonyl (C=O) groups excluding carboxylic acids is 1. The first kappa shape index (κ1) is 13.5. The fraction of sp³-hybridized carbons (Fsp3) is 0.429. The number of aliphatic carboxylic acids is 1. The lowest BCUT2D eigenvalue weighted by Crippen LogP contribution is -2.37. The molecule has 1 saturated heterocycles. The fourth-order valence-electron chi connectivity index (χ4n) is 2.23. The van der Waals surface area contributed by atoms with Gasteiger partial charge in [-0.2, -0.15) is 0 Å². The highest BCUT2D eigenvalue weighted by molar-refractivity contribution is 5.75. The molecule has 102 valence electrons. The van der Waals surface area contributed by atoms with Crippen LogP contribution in [0.3, 0.4) is 0 Å². The van der Waals surface area contributed by atoms with E-state index in [2.05, 4.69) is 4.90 Å². The van der Waals surface area contributed by atoms with E-state index >= 15 is 0 Å². The largest absolute Gasteiger partial charge is 0.480 e. The number of carboxylic acids is 1. The minimum absolute atomic E-state index is 0.0293. The number of carboxylic acid groups (broad SMARTS) is 1. The summed E-state index contributed by atoms with van der Waals surface area (Å²) in [6, 6.07) is 7.47. The maximum absolute atomic E-state index is 10.6. The van der Waals surface area contributed by atoms with Gasteiger partial charge >= 0.3 is 5.97 Å². The van der Waals surface area contributed by atoms with Crippen molar-refractivity contribution in [2.45, 2.75) is 18.9 Å². The van der Waals surface area contributed by atoms with E-state index in [1.165, 1.54) is 0 Å². The molecule has 1 aromatic rings. The molecule has 0 unspecified atom stereocenters. The van der Waals surface area contributed by atoms with Crippen molar-refractivity contribution in [3.8, 4) is 0 Å². The number of carbonyl (C=O) groups is 2. The smallest absolute Gasteiger partial charge is 0.329 e. The summed E-state index contributed by atoms with van der Waals surface area (Å²) < 4.78 is 5.29. The van der Waals surface area contributed by atoms with Gasteiger partial charge in [-0.15, -0.1) is 0 Å². The number of anilines is 1. The predicted octanol–water partition coefficient (Wildman–Crippen LogP) is 1.57. The van der Waals surface area contributed by atoms with Crippen LogP contribution in [0.4, 0.5) is 5.69 Å². The molecule has 1 aliphatic rings. The molecule has 0 spiro atoms. The molecule has 0 aliphatic carbocycles. The highest BCUT2D eigenvalue weighted by Crippen LogP contribution is 2.21. The van der Waals surface area contributed by atoms with Crippen LogP contribution in [-0.2, 0) is 9.53 Å². The third-order valence-electron chi connectivity index (χ3n) is 3.28. The van der Waals surface area contributed by atoms with Crippen LogP contribution in [0, 0.1) is 0 Å². The topological polar surface area (TPSA) is 66.8 Å². The maximum Gasteiger partial charge on any atom is 0.329 e. The van der Waals surface area contributed by atoms with Gasteiger partial charge in [0.1, 0.15) is 12.9 Å². The molecule has 0 radical (unpaired) electrons. The Bertz CT molecular complexity index is 435. The van der Waals surface area contributed by atoms with Crippen LogP contribution in [0.5, 0.6) is 0 Å². The molecule has 2 rings (SSSR count). The van der Waals surface area contributed by atoms with E-state index in [0.29, 0.717) is 5.56 Å². The van der Waals surface area contributed by atoms with Crippen molar-refractivity contribution < 1.29 is 19.4 Å². The Hall–Kier alpha value is -1.88. The molecule has 5 heteroatoms. The number of nitrogens with zero attached hydrogens (tertiary/aromatic N) is 1. The number of benzene rings is 1. The summed E-state index contributed by atoms with van der Waals surface area (Å²) in [4.78, 5) is 23.2. The standard InChI is InChI=1S/C14H17NO4/c16-9-11-1-3-12(4-2-11)15-7-5-13(6-8-15)19-10-14(17)18/h1-4,9,13H,5-8,10H2,(H,17,18). The average Bonchev–Trinajstić information content (AvgIpc) is 2.46. The third kappa shape index (κ3) is 3.79. The lowest BCUT2D eigenvalue weighted by molar-refractivity contribution is -0.144. The van der Waals surface area contributed by atoms with Crippen molar-refractivity contribution in [1.82, 2.24) is 0 Å². The summed E-state index contributed by atoms with van der Waals surface area (Å²) in [6.45, 7) is 1.45. The van der Waals surface area contributed by atoms with E-state index in [1.54, 1.807) is 12.1 Å². The van der Waals surface area contributed by atoms with Gasteiger partial charge in [-0.3, -0.25) is 4.79 Å². The number of aldehydes is 1. The first-order chi connectivity index (χ1) is 9.19. The van der Waals surface area contributed by atoms with Crippen molar-refractivity contribution in [3.63, 3.8) is 0 Å². The van der Waals surface area contributed by atoms with Gasteiger partial charge in [-0.25, -0.2) is 4.79 Å². The number of hydrogen-bond donors (Lipinski definition) is 1. The SMILES string of the molecule is O=Cc1ccc(N2CCC(OCC(=O)O)CC2)cc1. The zero-order valence-corrected chi connectivity index (χ0v) is 10.6. The fourth-order valence-corrected chi connectivity index (χ4v) is 2.23. The van der Waals surface area contributed by atoms with Gasteiger partial charge in [-0.05, 0) is 37.1 Å². The van der Waals surface area contributed by atoms with E-state index in [0.717, 1.165) is 37.9 Å². The van der Waals surface area contributed by atoms with Crippen LogP contribution >= 0.6 is 0 Å². The van der Waals surface area contributed by atoms with Gasteiger partial charge in [0.2, 0.25) is 0 Å². The van der Waals surface area contributed by atoms with Crippen LogP contribution in [-0.4, -0.2) is 43.2 Å². The van der Waals surface area contributed by atoms with Crippen molar-refractivity contribution in [2.24, 2.45) is 0 Å². The molecule has 1 fully saturated rings. The number of hydrogen-bond acceptors (Lipinski definition) is 4. The van der Waals surface area contributed by atoms with E-state index < -0.39 is 5.97 Å². The van der Waals surface area contributed by atoms with Crippen LogP contribution in [0.15, 0.2) is 24.3 Å². The second-order valence-corrected chi connectivity index (χ2v) is 4.60. The van der Waals surface area contributed by atoms with Gasteiger partial charge in [0, 0.05) is 24.3 Å². The first-order valence-corrected chi connectivity index (χ1v) is 6.32. The molecular weight excluding hydrogens is 246 g/mol. The van der Waals surface area contributed by atoms with Crippen LogP contribution in [0.2, 0.25) is 0 Å². The Morgan fingerprint density at radius 3 is 2.47 bits per heavy atom. The highest BCUT2D eigenvalue weighted by atomic mass is 16.5. The quantitative estimate of drug-likeness (QED) is 0.817. The number of rotatable bonds is 5. The van der Waals surface area contributed by atoms with Crippen LogP contribution < -0.4 is 4.90 Å². The Morgan fingerprint density at radius 2 is 1.95 bits per heavy atom. The average molecular weight is 263 g/mol. The summed E-state index contributed by atoms with van der Waals surface area (Å²) in [5, 5.41) is 8.56. The summed E-state index contributed by atoms with van der Waals surface area (Å²) in [5.41, 5.74) is 1.76. The van der Waals surface area contributed by atoms with E-state index in [9.17, 15) is 9.59 Å². The second kappa shape index (κ2) is 6.33. The first-order valence-electron chi connectivity index (χ1n) is 6.32. The van der Waals surface area contributed by atoms with Gasteiger partial charge in [0.05, 0.1) is 6.10 Å². The molecule has 5 nitrogen and oxygen atoms in total. The van der Waals surface area contributed by atoms with E-state index in [4.69, 9.17) is 9.84 Å². The minimum Gasteiger partial charge on any atom is -0.480 e. The Kier molecular flexibility index (Phi) is 4.52. The van der Waals surface area contributed by atoms with Gasteiger partial charge in [0.15, 0.2) is 0 Å². The Balaban J connectivity index is 1.85. The van der Waals surface area contributed by atoms with Gasteiger partial charge < -0.3 is 14.7 Å². The van der Waals surface area contributed by atoms with E-state index in [1.807, 2.05) is 12.1 Å². The van der Waals surface area contributed by atoms with Gasteiger partial charge in [-0.1, -0.05) is 0 Å². The molecule has 0 saturated carbocycles. The summed E-state index contributed by atoms with van der Waals surface area (Å²) >= 11 is 0. The molecular formula is C14H17NO4. The van der Waals surface area contributed by atoms with Crippen LogP contribution in [0.1, 0.15) is 23.2 Å². The lowest BCUT2D eigenvalue weighted by atomic mass is 10.1. The summed E-state index contributed by atoms with van der Waals surface area (Å²) in [7, 11) is 0.